The van der Waals surface area contributed by atoms with Crippen LogP contribution in [-0.2, 0) is 11.3 Å². The number of rotatable bonds is 6. The lowest BCUT2D eigenvalue weighted by Crippen LogP contribution is -2.29. The lowest BCUT2D eigenvalue weighted by atomic mass is 9.91. The number of carbonyl (C=O) groups excluding carboxylic acids is 1. The maximum Gasteiger partial charge on any atom is 0.410 e. The van der Waals surface area contributed by atoms with Crippen molar-refractivity contribution in [3.8, 4) is 0 Å². The van der Waals surface area contributed by atoms with E-state index in [4.69, 9.17) is 4.74 Å². The summed E-state index contributed by atoms with van der Waals surface area (Å²) in [6.07, 6.45) is 13.3. The fraction of sp³-hybridized carbons (Fsp3) is 0.361. The van der Waals surface area contributed by atoms with Crippen LogP contribution in [0.4, 0.5) is 4.79 Å². The van der Waals surface area contributed by atoms with Gasteiger partial charge in [-0.25, -0.2) is 24.7 Å². The van der Waals surface area contributed by atoms with Crippen LogP contribution in [0.5, 0.6) is 0 Å². The molecule has 2 saturated heterocycles. The molecule has 2 fully saturated rings. The number of H-pyrrole nitrogens is 2. The van der Waals surface area contributed by atoms with Crippen molar-refractivity contribution >= 4 is 39.7 Å². The highest BCUT2D eigenvalue weighted by Gasteiger charge is 2.38. The van der Waals surface area contributed by atoms with Gasteiger partial charge in [-0.2, -0.15) is 0 Å². The molecule has 3 N–H and O–H groups in total. The number of ether oxygens (including phenoxy) is 1. The first-order valence-corrected chi connectivity index (χ1v) is 16.9. The van der Waals surface area contributed by atoms with E-state index in [1.807, 2.05) is 72.3 Å². The predicted molar refractivity (Wildman–Crippen MR) is 184 cm³/mol. The van der Waals surface area contributed by atoms with Gasteiger partial charge in [0, 0.05) is 67.6 Å². The molecule has 2 aliphatic rings. The van der Waals surface area contributed by atoms with Crippen molar-refractivity contribution in [2.24, 2.45) is 11.8 Å². The van der Waals surface area contributed by atoms with E-state index in [2.05, 4.69) is 63.9 Å². The molecule has 12 nitrogen and oxygen atoms in total. The molecular formula is C36H40N10O2. The van der Waals surface area contributed by atoms with Crippen molar-refractivity contribution in [3.63, 3.8) is 0 Å². The van der Waals surface area contributed by atoms with Gasteiger partial charge >= 0.3 is 6.09 Å². The molecule has 48 heavy (non-hydrogen) atoms. The largest absolute Gasteiger partial charge is 0.445 e. The zero-order chi connectivity index (χ0) is 32.6. The maximum absolute atomic E-state index is 12.7. The van der Waals surface area contributed by atoms with Gasteiger partial charge in [-0.05, 0) is 36.1 Å². The fourth-order valence-electron chi connectivity index (χ4n) is 7.60. The number of aromatic nitrogens is 8. The Bertz CT molecular complexity index is 2180. The highest BCUT2D eigenvalue weighted by molar-refractivity contribution is 5.76. The van der Waals surface area contributed by atoms with Crippen LogP contribution >= 0.6 is 0 Å². The minimum Gasteiger partial charge on any atom is -0.445 e. The summed E-state index contributed by atoms with van der Waals surface area (Å²) in [5, 5.41) is 3.50. The van der Waals surface area contributed by atoms with Crippen molar-refractivity contribution in [3.05, 3.63) is 96.6 Å². The highest BCUT2D eigenvalue weighted by Crippen LogP contribution is 2.36. The summed E-state index contributed by atoms with van der Waals surface area (Å²) in [6, 6.07) is 13.9. The third-order valence-corrected chi connectivity index (χ3v) is 10.2. The molecule has 2 aliphatic heterocycles. The second kappa shape index (κ2) is 12.8. The third kappa shape index (κ3) is 5.35. The smallest absolute Gasteiger partial charge is 0.410 e. The fourth-order valence-corrected chi connectivity index (χ4v) is 7.60. The normalized spacial score (nSPS) is 21.0. The molecular weight excluding hydrogens is 604 g/mol. The van der Waals surface area contributed by atoms with Crippen LogP contribution in [-0.4, -0.2) is 75.9 Å². The third-order valence-electron chi connectivity index (χ3n) is 10.2. The molecule has 6 aromatic heterocycles. The number of fused-ring (bicyclic) bond motifs is 6. The lowest BCUT2D eigenvalue weighted by Gasteiger charge is -2.16. The summed E-state index contributed by atoms with van der Waals surface area (Å²) in [6.45, 7) is 8.21. The van der Waals surface area contributed by atoms with Crippen molar-refractivity contribution in [2.45, 2.75) is 45.1 Å². The van der Waals surface area contributed by atoms with E-state index in [-0.39, 0.29) is 12.0 Å². The summed E-state index contributed by atoms with van der Waals surface area (Å²) in [7, 11) is 0. The SMILES string of the molecule is CC[C@@H]1CN(C(=O)OCc2ccccc2)CC1c1cnc2cnc3[nH]ccc3n12.CC[C@@H]1CNCC1c1cnc2cnc3[nH]ccc3n12. The number of imidazole rings is 2. The van der Waals surface area contributed by atoms with Crippen LogP contribution < -0.4 is 5.32 Å². The van der Waals surface area contributed by atoms with Gasteiger partial charge in [-0.15, -0.1) is 0 Å². The average Bonchev–Trinajstić information content (AvgIpc) is 3.97. The number of nitrogens with one attached hydrogen (secondary N) is 3. The molecule has 0 radical (unpaired) electrons. The van der Waals surface area contributed by atoms with E-state index in [0.717, 1.165) is 64.4 Å². The number of amides is 1. The zero-order valence-corrected chi connectivity index (χ0v) is 27.2. The van der Waals surface area contributed by atoms with Gasteiger partial charge in [0.2, 0.25) is 0 Å². The second-order valence-corrected chi connectivity index (χ2v) is 12.8. The summed E-state index contributed by atoms with van der Waals surface area (Å²) < 4.78 is 9.97. The Labute approximate surface area is 277 Å². The molecule has 246 valence electrons. The first-order valence-electron chi connectivity index (χ1n) is 16.9. The Hall–Kier alpha value is -5.23. The van der Waals surface area contributed by atoms with E-state index in [1.54, 1.807) is 6.20 Å². The Morgan fingerprint density at radius 1 is 0.750 bits per heavy atom. The molecule has 7 aromatic rings. The highest BCUT2D eigenvalue weighted by atomic mass is 16.6. The van der Waals surface area contributed by atoms with E-state index >= 15 is 0 Å². The van der Waals surface area contributed by atoms with Gasteiger partial charge < -0.3 is 24.9 Å². The number of hydrogen-bond acceptors (Lipinski definition) is 7. The Morgan fingerprint density at radius 2 is 1.38 bits per heavy atom. The Morgan fingerprint density at radius 3 is 2.00 bits per heavy atom. The molecule has 8 heterocycles. The standard InChI is InChI=1S/C22H23N5O2.C14H17N5/c1-2-16-12-26(22(28)29-14-15-6-4-3-5-7-15)13-17(16)19-10-24-20-11-25-21-18(27(19)20)8-9-23-21;1-2-9-5-15-6-10(9)12-7-17-13-8-18-14-11(19(12)13)3-4-16-14/h3-11,16-17,23H,2,12-14H2,1H3;3-4,7-10,15-16H,2,5-6H2,1H3/t16-,17?;9-,10?/m11/s1. The summed E-state index contributed by atoms with van der Waals surface area (Å²) in [4.78, 5) is 38.8. The van der Waals surface area contributed by atoms with Gasteiger partial charge in [0.15, 0.2) is 22.6 Å². The first kappa shape index (κ1) is 30.1. The minimum absolute atomic E-state index is 0.208. The number of hydrogen-bond donors (Lipinski definition) is 3. The van der Waals surface area contributed by atoms with Crippen LogP contribution in [0, 0.1) is 11.8 Å². The van der Waals surface area contributed by atoms with Crippen molar-refractivity contribution < 1.29 is 9.53 Å². The monoisotopic (exact) mass is 644 g/mol. The van der Waals surface area contributed by atoms with Gasteiger partial charge in [-0.1, -0.05) is 57.0 Å². The predicted octanol–water partition coefficient (Wildman–Crippen LogP) is 5.90. The van der Waals surface area contributed by atoms with Gasteiger partial charge in [0.1, 0.15) is 6.61 Å². The van der Waals surface area contributed by atoms with Crippen LogP contribution in [0.1, 0.15) is 55.5 Å². The molecule has 0 spiro atoms. The lowest BCUT2D eigenvalue weighted by molar-refractivity contribution is 0.103. The quantitative estimate of drug-likeness (QED) is 0.205. The second-order valence-electron chi connectivity index (χ2n) is 12.8. The van der Waals surface area contributed by atoms with E-state index in [9.17, 15) is 4.79 Å². The minimum atomic E-state index is -0.253. The van der Waals surface area contributed by atoms with Crippen LogP contribution in [0.2, 0.25) is 0 Å². The van der Waals surface area contributed by atoms with Crippen LogP contribution in [0.15, 0.2) is 79.6 Å². The Kier molecular flexibility index (Phi) is 8.01. The number of carbonyl (C=O) groups is 1. The Balaban J connectivity index is 0.000000153. The topological polar surface area (TPSA) is 134 Å². The van der Waals surface area contributed by atoms with Crippen molar-refractivity contribution in [1.82, 2.24) is 48.9 Å². The van der Waals surface area contributed by atoms with Gasteiger partial charge in [-0.3, -0.25) is 8.80 Å². The van der Waals surface area contributed by atoms with Crippen molar-refractivity contribution in [2.75, 3.05) is 26.2 Å². The van der Waals surface area contributed by atoms with Gasteiger partial charge in [0.05, 0.1) is 23.4 Å². The molecule has 2 unspecified atom stereocenters. The summed E-state index contributed by atoms with van der Waals surface area (Å²) in [5.41, 5.74) is 9.06. The number of aromatic amines is 2. The molecule has 0 bridgehead atoms. The number of likely N-dealkylation sites (tertiary alicyclic amines) is 1. The number of nitrogens with zero attached hydrogens (tertiary/aromatic N) is 7. The van der Waals surface area contributed by atoms with E-state index < -0.39 is 0 Å². The molecule has 0 aliphatic carbocycles. The number of benzene rings is 1. The van der Waals surface area contributed by atoms with E-state index in [0.29, 0.717) is 37.5 Å². The molecule has 9 rings (SSSR count). The first-order chi connectivity index (χ1) is 23.6. The van der Waals surface area contributed by atoms with Crippen LogP contribution in [0.25, 0.3) is 33.6 Å². The van der Waals surface area contributed by atoms with Crippen molar-refractivity contribution in [1.29, 1.82) is 0 Å². The molecule has 12 heteroatoms. The maximum atomic E-state index is 12.7. The summed E-state index contributed by atoms with van der Waals surface area (Å²) >= 11 is 0. The summed E-state index contributed by atoms with van der Waals surface area (Å²) in [5.74, 6) is 1.81. The average molecular weight is 645 g/mol. The zero-order valence-electron chi connectivity index (χ0n) is 27.2. The molecule has 4 atom stereocenters. The van der Waals surface area contributed by atoms with E-state index in [1.165, 1.54) is 12.1 Å². The van der Waals surface area contributed by atoms with Gasteiger partial charge in [0.25, 0.3) is 0 Å². The van der Waals surface area contributed by atoms with Crippen LogP contribution in [0.3, 0.4) is 0 Å². The molecule has 0 saturated carbocycles. The molecule has 1 aromatic carbocycles. The molecule has 1 amide bonds.